The van der Waals surface area contributed by atoms with E-state index in [1.807, 2.05) is 42.7 Å². The number of nitriles is 1. The molecule has 2 aromatic rings. The minimum Gasteiger partial charge on any atom is -0.398 e. The van der Waals surface area contributed by atoms with E-state index in [-0.39, 0.29) is 12.5 Å². The van der Waals surface area contributed by atoms with Crippen molar-refractivity contribution in [3.63, 3.8) is 0 Å². The molecular weight excluding hydrogens is 366 g/mol. The van der Waals surface area contributed by atoms with Crippen molar-refractivity contribution in [3.05, 3.63) is 83.3 Å². The van der Waals surface area contributed by atoms with Gasteiger partial charge in [0, 0.05) is 17.8 Å². The van der Waals surface area contributed by atoms with Gasteiger partial charge in [0.2, 0.25) is 0 Å². The van der Waals surface area contributed by atoms with Gasteiger partial charge in [0.15, 0.2) is 0 Å². The van der Waals surface area contributed by atoms with Crippen LogP contribution in [0, 0.1) is 11.3 Å². The highest BCUT2D eigenvalue weighted by molar-refractivity contribution is 8.01. The zero-order chi connectivity index (χ0) is 20.3. The van der Waals surface area contributed by atoms with Gasteiger partial charge < -0.3 is 10.6 Å². The molecule has 0 saturated heterocycles. The minimum atomic E-state index is -0.157. The van der Waals surface area contributed by atoms with Crippen molar-refractivity contribution < 1.29 is 4.79 Å². The molecule has 28 heavy (non-hydrogen) atoms. The number of benzene rings is 2. The number of hydrogen-bond donors (Lipinski definition) is 1. The molecule has 1 aliphatic rings. The number of rotatable bonds is 6. The lowest BCUT2D eigenvalue weighted by atomic mass is 9.93. The molecule has 1 aliphatic heterocycles. The van der Waals surface area contributed by atoms with Gasteiger partial charge in [-0.05, 0) is 51.6 Å². The summed E-state index contributed by atoms with van der Waals surface area (Å²) in [5.41, 5.74) is 12.4. The van der Waals surface area contributed by atoms with Crippen LogP contribution in [0.3, 0.4) is 0 Å². The summed E-state index contributed by atoms with van der Waals surface area (Å²) in [6, 6.07) is 13.9. The number of allylic oxidation sites excluding steroid dienone is 2. The Labute approximate surface area is 169 Å². The number of thioether (sulfide) groups is 1. The van der Waals surface area contributed by atoms with Crippen molar-refractivity contribution in [2.24, 2.45) is 0 Å². The van der Waals surface area contributed by atoms with Crippen molar-refractivity contribution in [3.8, 4) is 17.2 Å². The predicted octanol–water partition coefficient (Wildman–Crippen LogP) is 4.86. The minimum absolute atomic E-state index is 0.157. The number of hydrogen-bond acceptors (Lipinski definition) is 4. The van der Waals surface area contributed by atoms with Gasteiger partial charge >= 0.3 is 0 Å². The standard InChI is InChI=1S/C23H21N3OS/c1-4-16(14-28-3)17-6-5-7-18(10-17)19-8-9-21(25)22-20(19)13-26(23(22)27)12-15(2)11-24/h4-10,14H,1-2,12-13,25H2,3H3/b16-14+. The molecule has 1 heterocycles. The number of nitrogen functional groups attached to an aromatic ring is 1. The van der Waals surface area contributed by atoms with E-state index in [4.69, 9.17) is 11.0 Å². The highest BCUT2D eigenvalue weighted by Crippen LogP contribution is 2.37. The largest absolute Gasteiger partial charge is 0.398 e. The third-order valence-electron chi connectivity index (χ3n) is 4.71. The summed E-state index contributed by atoms with van der Waals surface area (Å²) in [5, 5.41) is 11.1. The average Bonchev–Trinajstić information content (AvgIpc) is 3.03. The molecule has 0 radical (unpaired) electrons. The van der Waals surface area contributed by atoms with Crippen molar-refractivity contribution >= 4 is 28.9 Å². The van der Waals surface area contributed by atoms with E-state index in [2.05, 4.69) is 24.6 Å². The molecule has 0 spiro atoms. The molecule has 2 aromatic carbocycles. The summed E-state index contributed by atoms with van der Waals surface area (Å²) < 4.78 is 0. The number of fused-ring (bicyclic) bond motifs is 1. The Hall–Kier alpha value is -3.23. The summed E-state index contributed by atoms with van der Waals surface area (Å²) in [7, 11) is 0. The maximum absolute atomic E-state index is 12.8. The number of anilines is 1. The Morgan fingerprint density at radius 1 is 1.39 bits per heavy atom. The second-order valence-corrected chi connectivity index (χ2v) is 7.23. The second kappa shape index (κ2) is 8.20. The van der Waals surface area contributed by atoms with Crippen molar-refractivity contribution in [1.82, 2.24) is 4.90 Å². The fraction of sp³-hybridized carbons (Fsp3) is 0.130. The SMILES string of the molecule is C=C/C(=C\SC)c1cccc(-c2ccc(N)c3c2CN(CC(=C)C#N)C3=O)c1. The number of carbonyl (C=O) groups excluding carboxylic acids is 1. The van der Waals surface area contributed by atoms with Crippen molar-refractivity contribution in [2.75, 3.05) is 18.5 Å². The first-order chi connectivity index (χ1) is 13.5. The van der Waals surface area contributed by atoms with Crippen LogP contribution in [0.15, 0.2) is 66.6 Å². The molecule has 4 nitrogen and oxygen atoms in total. The van der Waals surface area contributed by atoms with E-state index in [0.29, 0.717) is 23.4 Å². The average molecular weight is 388 g/mol. The van der Waals surface area contributed by atoms with Crippen LogP contribution in [0.5, 0.6) is 0 Å². The van der Waals surface area contributed by atoms with Crippen LogP contribution in [0.4, 0.5) is 5.69 Å². The van der Waals surface area contributed by atoms with Gasteiger partial charge in [-0.3, -0.25) is 4.79 Å². The van der Waals surface area contributed by atoms with E-state index in [1.165, 1.54) is 0 Å². The van der Waals surface area contributed by atoms with Gasteiger partial charge in [0.1, 0.15) is 0 Å². The molecule has 0 saturated carbocycles. The lowest BCUT2D eigenvalue weighted by molar-refractivity contribution is 0.0794. The summed E-state index contributed by atoms with van der Waals surface area (Å²) in [6.07, 6.45) is 3.84. The van der Waals surface area contributed by atoms with Gasteiger partial charge in [0.05, 0.1) is 18.2 Å². The number of amides is 1. The number of nitrogens with zero attached hydrogens (tertiary/aromatic N) is 2. The highest BCUT2D eigenvalue weighted by atomic mass is 32.2. The lowest BCUT2D eigenvalue weighted by Crippen LogP contribution is -2.26. The highest BCUT2D eigenvalue weighted by Gasteiger charge is 2.32. The Morgan fingerprint density at radius 3 is 2.86 bits per heavy atom. The molecule has 0 aliphatic carbocycles. The topological polar surface area (TPSA) is 70.1 Å². The fourth-order valence-corrected chi connectivity index (χ4v) is 3.88. The van der Waals surface area contributed by atoms with Crippen LogP contribution in [0.2, 0.25) is 0 Å². The summed E-state index contributed by atoms with van der Waals surface area (Å²) in [5.74, 6) is -0.157. The van der Waals surface area contributed by atoms with Crippen LogP contribution in [-0.4, -0.2) is 23.6 Å². The van der Waals surface area contributed by atoms with E-state index in [9.17, 15) is 4.79 Å². The molecule has 0 atom stereocenters. The zero-order valence-corrected chi connectivity index (χ0v) is 16.6. The molecule has 140 valence electrons. The quantitative estimate of drug-likeness (QED) is 0.436. The monoisotopic (exact) mass is 387 g/mol. The smallest absolute Gasteiger partial charge is 0.256 e. The lowest BCUT2D eigenvalue weighted by Gasteiger charge is -2.14. The third kappa shape index (κ3) is 3.60. The normalized spacial score (nSPS) is 13.2. The second-order valence-electron chi connectivity index (χ2n) is 6.53. The van der Waals surface area contributed by atoms with Gasteiger partial charge in [0.25, 0.3) is 5.91 Å². The van der Waals surface area contributed by atoms with Crippen LogP contribution in [0.25, 0.3) is 16.7 Å². The predicted molar refractivity (Wildman–Crippen MR) is 117 cm³/mol. The number of carbonyl (C=O) groups is 1. The van der Waals surface area contributed by atoms with Crippen LogP contribution >= 0.6 is 11.8 Å². The van der Waals surface area contributed by atoms with E-state index in [0.717, 1.165) is 27.8 Å². The summed E-state index contributed by atoms with van der Waals surface area (Å²) in [6.45, 7) is 8.21. The van der Waals surface area contributed by atoms with E-state index >= 15 is 0 Å². The molecule has 1 amide bonds. The van der Waals surface area contributed by atoms with Crippen molar-refractivity contribution in [1.29, 1.82) is 5.26 Å². The van der Waals surface area contributed by atoms with E-state index in [1.54, 1.807) is 22.7 Å². The van der Waals surface area contributed by atoms with Gasteiger partial charge in [-0.25, -0.2) is 0 Å². The van der Waals surface area contributed by atoms with Crippen LogP contribution in [-0.2, 0) is 6.54 Å². The van der Waals surface area contributed by atoms with Crippen molar-refractivity contribution in [2.45, 2.75) is 6.54 Å². The Kier molecular flexibility index (Phi) is 5.72. The van der Waals surface area contributed by atoms with Crippen LogP contribution in [0.1, 0.15) is 21.5 Å². The first kappa shape index (κ1) is 19.5. The van der Waals surface area contributed by atoms with Gasteiger partial charge in [-0.2, -0.15) is 5.26 Å². The zero-order valence-electron chi connectivity index (χ0n) is 15.7. The molecule has 3 rings (SSSR count). The fourth-order valence-electron chi connectivity index (χ4n) is 3.39. The van der Waals surface area contributed by atoms with E-state index < -0.39 is 0 Å². The van der Waals surface area contributed by atoms with Gasteiger partial charge in [-0.15, -0.1) is 11.8 Å². The molecule has 0 fully saturated rings. The number of nitrogens with two attached hydrogens (primary N) is 1. The van der Waals surface area contributed by atoms with Gasteiger partial charge in [-0.1, -0.05) is 43.5 Å². The molecule has 2 N–H and O–H groups in total. The Morgan fingerprint density at radius 2 is 2.18 bits per heavy atom. The summed E-state index contributed by atoms with van der Waals surface area (Å²) in [4.78, 5) is 14.4. The molecule has 5 heteroatoms. The molecule has 0 unspecified atom stereocenters. The molecular formula is C23H21N3OS. The first-order valence-electron chi connectivity index (χ1n) is 8.74. The summed E-state index contributed by atoms with van der Waals surface area (Å²) >= 11 is 1.63. The maximum Gasteiger partial charge on any atom is 0.256 e. The molecule has 0 aromatic heterocycles. The first-order valence-corrected chi connectivity index (χ1v) is 10.0. The Bertz CT molecular complexity index is 1050. The van der Waals surface area contributed by atoms with Crippen LogP contribution < -0.4 is 5.73 Å². The maximum atomic E-state index is 12.8. The molecule has 0 bridgehead atoms. The third-order valence-corrected chi connectivity index (χ3v) is 5.20. The Balaban J connectivity index is 2.07.